The van der Waals surface area contributed by atoms with E-state index in [1.54, 1.807) is 6.20 Å². The summed E-state index contributed by atoms with van der Waals surface area (Å²) < 4.78 is 1.00. The number of hydrogen-bond acceptors (Lipinski definition) is 2. The van der Waals surface area contributed by atoms with Gasteiger partial charge in [0.1, 0.15) is 5.82 Å². The molecule has 0 spiro atoms. The van der Waals surface area contributed by atoms with Gasteiger partial charge < -0.3 is 5.32 Å². The quantitative estimate of drug-likeness (QED) is 0.925. The van der Waals surface area contributed by atoms with Gasteiger partial charge in [0.2, 0.25) is 0 Å². The van der Waals surface area contributed by atoms with Gasteiger partial charge in [-0.3, -0.25) is 0 Å². The van der Waals surface area contributed by atoms with E-state index < -0.39 is 0 Å². The first-order chi connectivity index (χ1) is 7.86. The number of rotatable bonds is 4. The topological polar surface area (TPSA) is 24.9 Å². The maximum atomic E-state index is 4.25. The monoisotopic (exact) mass is 276 g/mol. The molecule has 1 N–H and O–H groups in total. The highest BCUT2D eigenvalue weighted by Gasteiger charge is 1.98. The molecule has 0 amide bonds. The minimum absolute atomic E-state index is 0.889. The van der Waals surface area contributed by atoms with E-state index in [2.05, 4.69) is 50.5 Å². The Hall–Kier alpha value is -1.35. The van der Waals surface area contributed by atoms with Crippen molar-refractivity contribution in [3.8, 4) is 0 Å². The summed E-state index contributed by atoms with van der Waals surface area (Å²) in [6, 6.07) is 14.3. The van der Waals surface area contributed by atoms with E-state index in [0.717, 1.165) is 23.3 Å². The van der Waals surface area contributed by atoms with Crippen molar-refractivity contribution >= 4 is 21.7 Å². The molecule has 2 nitrogen and oxygen atoms in total. The van der Waals surface area contributed by atoms with E-state index in [9.17, 15) is 0 Å². The van der Waals surface area contributed by atoms with Crippen LogP contribution in [0.3, 0.4) is 0 Å². The van der Waals surface area contributed by atoms with Gasteiger partial charge in [-0.15, -0.1) is 0 Å². The molecule has 2 aromatic rings. The van der Waals surface area contributed by atoms with Gasteiger partial charge >= 0.3 is 0 Å². The van der Waals surface area contributed by atoms with Gasteiger partial charge in [0.25, 0.3) is 0 Å². The minimum Gasteiger partial charge on any atom is -0.369 e. The molecule has 0 bridgehead atoms. The molecule has 0 aliphatic heterocycles. The van der Waals surface area contributed by atoms with Crippen LogP contribution in [0.25, 0.3) is 0 Å². The van der Waals surface area contributed by atoms with Crippen LogP contribution >= 0.6 is 15.9 Å². The highest BCUT2D eigenvalue weighted by Crippen LogP contribution is 2.17. The predicted molar refractivity (Wildman–Crippen MR) is 70.6 cm³/mol. The molecule has 0 saturated carbocycles. The van der Waals surface area contributed by atoms with Crippen LogP contribution < -0.4 is 5.32 Å². The van der Waals surface area contributed by atoms with Crippen molar-refractivity contribution < 1.29 is 0 Å². The second-order valence-corrected chi connectivity index (χ2v) is 4.35. The van der Waals surface area contributed by atoms with Crippen molar-refractivity contribution in [1.29, 1.82) is 0 Å². The number of pyridine rings is 1. The average molecular weight is 277 g/mol. The van der Waals surface area contributed by atoms with Gasteiger partial charge in [-0.05, 0) is 40.0 Å². The number of anilines is 1. The lowest BCUT2D eigenvalue weighted by molar-refractivity contribution is 1.00. The minimum atomic E-state index is 0.889. The van der Waals surface area contributed by atoms with Gasteiger partial charge in [0.05, 0.1) is 4.47 Å². The number of halogens is 1. The summed E-state index contributed by atoms with van der Waals surface area (Å²) in [4.78, 5) is 4.25. The highest BCUT2D eigenvalue weighted by atomic mass is 79.9. The van der Waals surface area contributed by atoms with Crippen molar-refractivity contribution in [2.75, 3.05) is 11.9 Å². The van der Waals surface area contributed by atoms with Crippen LogP contribution in [0.5, 0.6) is 0 Å². The standard InChI is InChI=1S/C13H13BrN2/c14-12-7-4-9-15-13(12)16-10-8-11-5-2-1-3-6-11/h1-7,9H,8,10H2,(H,15,16). The molecule has 0 aliphatic rings. The number of aromatic nitrogens is 1. The first-order valence-electron chi connectivity index (χ1n) is 5.24. The average Bonchev–Trinajstić information content (AvgIpc) is 2.33. The summed E-state index contributed by atoms with van der Waals surface area (Å²) in [5, 5.41) is 3.30. The molecular formula is C13H13BrN2. The van der Waals surface area contributed by atoms with Crippen molar-refractivity contribution in [2.24, 2.45) is 0 Å². The fraction of sp³-hybridized carbons (Fsp3) is 0.154. The Morgan fingerprint density at radius 1 is 1.06 bits per heavy atom. The Bertz CT molecular complexity index is 443. The zero-order valence-corrected chi connectivity index (χ0v) is 10.4. The van der Waals surface area contributed by atoms with E-state index in [0.29, 0.717) is 0 Å². The Morgan fingerprint density at radius 2 is 1.88 bits per heavy atom. The Labute approximate surface area is 104 Å². The second-order valence-electron chi connectivity index (χ2n) is 3.50. The number of nitrogens with one attached hydrogen (secondary N) is 1. The molecule has 0 radical (unpaired) electrons. The number of nitrogens with zero attached hydrogens (tertiary/aromatic N) is 1. The van der Waals surface area contributed by atoms with Gasteiger partial charge in [0, 0.05) is 12.7 Å². The summed E-state index contributed by atoms with van der Waals surface area (Å²) in [7, 11) is 0. The van der Waals surface area contributed by atoms with E-state index in [1.807, 2.05) is 18.2 Å². The molecule has 0 atom stereocenters. The summed E-state index contributed by atoms with van der Waals surface area (Å²) >= 11 is 3.46. The zero-order chi connectivity index (χ0) is 11.2. The Balaban J connectivity index is 1.87. The maximum absolute atomic E-state index is 4.25. The molecule has 2 rings (SSSR count). The highest BCUT2D eigenvalue weighted by molar-refractivity contribution is 9.10. The summed E-state index contributed by atoms with van der Waals surface area (Å²) in [5.41, 5.74) is 1.34. The van der Waals surface area contributed by atoms with E-state index in [4.69, 9.17) is 0 Å². The Kier molecular flexibility index (Phi) is 3.94. The molecule has 0 fully saturated rings. The van der Waals surface area contributed by atoms with Crippen LogP contribution in [0, 0.1) is 0 Å². The second kappa shape index (κ2) is 5.66. The predicted octanol–water partition coefficient (Wildman–Crippen LogP) is 3.50. The molecule has 0 unspecified atom stereocenters. The van der Waals surface area contributed by atoms with Gasteiger partial charge in [-0.25, -0.2) is 4.98 Å². The number of hydrogen-bond donors (Lipinski definition) is 1. The third-order valence-corrected chi connectivity index (χ3v) is 2.95. The normalized spacial score (nSPS) is 10.1. The third kappa shape index (κ3) is 3.07. The maximum Gasteiger partial charge on any atom is 0.140 e. The molecule has 0 saturated heterocycles. The largest absolute Gasteiger partial charge is 0.369 e. The lowest BCUT2D eigenvalue weighted by Crippen LogP contribution is -2.06. The van der Waals surface area contributed by atoms with Crippen LogP contribution in [0.15, 0.2) is 53.1 Å². The van der Waals surface area contributed by atoms with Gasteiger partial charge in [-0.2, -0.15) is 0 Å². The molecule has 1 aromatic carbocycles. The van der Waals surface area contributed by atoms with Crippen molar-refractivity contribution in [1.82, 2.24) is 4.98 Å². The summed E-state index contributed by atoms with van der Waals surface area (Å²) in [6.45, 7) is 0.889. The summed E-state index contributed by atoms with van der Waals surface area (Å²) in [5.74, 6) is 0.901. The molecule has 3 heteroatoms. The lowest BCUT2D eigenvalue weighted by atomic mass is 10.1. The van der Waals surface area contributed by atoms with Crippen LogP contribution in [-0.2, 0) is 6.42 Å². The SMILES string of the molecule is Brc1cccnc1NCCc1ccccc1. The fourth-order valence-electron chi connectivity index (χ4n) is 1.49. The van der Waals surface area contributed by atoms with Crippen LogP contribution in [0.2, 0.25) is 0 Å². The third-order valence-electron chi connectivity index (χ3n) is 2.31. The van der Waals surface area contributed by atoms with E-state index in [1.165, 1.54) is 5.56 Å². The fourth-order valence-corrected chi connectivity index (χ4v) is 1.88. The van der Waals surface area contributed by atoms with E-state index in [-0.39, 0.29) is 0 Å². The molecule has 1 aromatic heterocycles. The van der Waals surface area contributed by atoms with E-state index >= 15 is 0 Å². The molecule has 0 aliphatic carbocycles. The molecular weight excluding hydrogens is 264 g/mol. The zero-order valence-electron chi connectivity index (χ0n) is 8.86. The summed E-state index contributed by atoms with van der Waals surface area (Å²) in [6.07, 6.45) is 2.79. The smallest absolute Gasteiger partial charge is 0.140 e. The number of benzene rings is 1. The first kappa shape index (κ1) is 11.1. The molecule has 16 heavy (non-hydrogen) atoms. The van der Waals surface area contributed by atoms with Crippen LogP contribution in [0.1, 0.15) is 5.56 Å². The van der Waals surface area contributed by atoms with Crippen molar-refractivity contribution in [2.45, 2.75) is 6.42 Å². The van der Waals surface area contributed by atoms with Crippen LogP contribution in [-0.4, -0.2) is 11.5 Å². The first-order valence-corrected chi connectivity index (χ1v) is 6.04. The van der Waals surface area contributed by atoms with Crippen molar-refractivity contribution in [3.63, 3.8) is 0 Å². The van der Waals surface area contributed by atoms with Gasteiger partial charge in [-0.1, -0.05) is 30.3 Å². The van der Waals surface area contributed by atoms with Crippen LogP contribution in [0.4, 0.5) is 5.82 Å². The van der Waals surface area contributed by atoms with Crippen molar-refractivity contribution in [3.05, 3.63) is 58.7 Å². The van der Waals surface area contributed by atoms with Gasteiger partial charge in [0.15, 0.2) is 0 Å². The Morgan fingerprint density at radius 3 is 2.62 bits per heavy atom. The molecule has 82 valence electrons. The lowest BCUT2D eigenvalue weighted by Gasteiger charge is -2.06. The molecule has 1 heterocycles.